The molecule has 4 aromatic rings. The Kier molecular flexibility index (Phi) is 5.14. The van der Waals surface area contributed by atoms with E-state index in [2.05, 4.69) is 50.4 Å². The van der Waals surface area contributed by atoms with E-state index in [4.69, 9.17) is 28.2 Å². The molecular formula is C22H22Cl2N8. The molecule has 3 aromatic heterocycles. The number of nitrogens with zero attached hydrogens (tertiary/aromatic N) is 8. The molecule has 1 atom stereocenters. The van der Waals surface area contributed by atoms with Crippen molar-refractivity contribution in [3.8, 4) is 23.0 Å². The van der Waals surface area contributed by atoms with Crippen molar-refractivity contribution in [1.29, 1.82) is 0 Å². The van der Waals surface area contributed by atoms with E-state index in [1.165, 1.54) is 0 Å². The monoisotopic (exact) mass is 468 g/mol. The lowest BCUT2D eigenvalue weighted by Crippen LogP contribution is -2.40. The van der Waals surface area contributed by atoms with Gasteiger partial charge in [0.25, 0.3) is 0 Å². The molecule has 0 aliphatic carbocycles. The van der Waals surface area contributed by atoms with Crippen LogP contribution in [0.15, 0.2) is 36.8 Å². The zero-order valence-electron chi connectivity index (χ0n) is 18.2. The van der Waals surface area contributed by atoms with Gasteiger partial charge in [0.1, 0.15) is 17.3 Å². The molecule has 164 valence electrons. The second-order valence-electron chi connectivity index (χ2n) is 8.02. The zero-order valence-corrected chi connectivity index (χ0v) is 19.7. The third kappa shape index (κ3) is 3.25. The largest absolute Gasteiger partial charge is 0.342 e. The molecule has 8 nitrogen and oxygen atoms in total. The van der Waals surface area contributed by atoms with Crippen molar-refractivity contribution in [2.75, 3.05) is 4.90 Å². The summed E-state index contributed by atoms with van der Waals surface area (Å²) in [5, 5.41) is 9.87. The molecule has 10 heteroatoms. The summed E-state index contributed by atoms with van der Waals surface area (Å²) in [4.78, 5) is 16.5. The van der Waals surface area contributed by atoms with Crippen molar-refractivity contribution in [3.05, 3.63) is 58.5 Å². The summed E-state index contributed by atoms with van der Waals surface area (Å²) >= 11 is 12.4. The van der Waals surface area contributed by atoms with Crippen LogP contribution in [0.2, 0.25) is 10.0 Å². The van der Waals surface area contributed by atoms with Crippen LogP contribution in [0.1, 0.15) is 44.9 Å². The van der Waals surface area contributed by atoms with Crippen LogP contribution in [0.4, 0.5) is 5.82 Å². The summed E-state index contributed by atoms with van der Waals surface area (Å²) in [6.45, 7) is 8.41. The predicted molar refractivity (Wildman–Crippen MR) is 125 cm³/mol. The van der Waals surface area contributed by atoms with Gasteiger partial charge in [-0.3, -0.25) is 9.13 Å². The van der Waals surface area contributed by atoms with Crippen molar-refractivity contribution in [3.63, 3.8) is 0 Å². The molecule has 0 fully saturated rings. The first-order valence-corrected chi connectivity index (χ1v) is 11.2. The Morgan fingerprint density at radius 2 is 1.81 bits per heavy atom. The molecule has 0 N–H and O–H groups in total. The topological polar surface area (TPSA) is 77.5 Å². The molecule has 0 spiro atoms. The Bertz CT molecular complexity index is 1290. The molecule has 0 unspecified atom stereocenters. The van der Waals surface area contributed by atoms with Gasteiger partial charge in [0.05, 0.1) is 12.2 Å². The molecule has 0 bridgehead atoms. The first-order valence-electron chi connectivity index (χ1n) is 10.5. The van der Waals surface area contributed by atoms with E-state index in [0.29, 0.717) is 21.8 Å². The van der Waals surface area contributed by atoms with Crippen LogP contribution in [0.5, 0.6) is 0 Å². The van der Waals surface area contributed by atoms with Crippen LogP contribution in [-0.4, -0.2) is 40.3 Å². The SMILES string of the molecule is CC[C@@H]1c2nnc(C)n2-c2cnc(-n3ccnc3-c3cc(Cl)cc(Cl)c3)nc2N1C(C)C. The number of anilines is 1. The highest BCUT2D eigenvalue weighted by molar-refractivity contribution is 6.35. The Labute approximate surface area is 195 Å². The van der Waals surface area contributed by atoms with Crippen LogP contribution in [0, 0.1) is 6.92 Å². The van der Waals surface area contributed by atoms with Gasteiger partial charge in [0.2, 0.25) is 5.95 Å². The summed E-state index contributed by atoms with van der Waals surface area (Å²) < 4.78 is 3.90. The third-order valence-corrected chi connectivity index (χ3v) is 6.06. The summed E-state index contributed by atoms with van der Waals surface area (Å²) in [6.07, 6.45) is 6.26. The molecule has 0 saturated heterocycles. The molecule has 0 saturated carbocycles. The lowest BCUT2D eigenvalue weighted by atomic mass is 10.1. The lowest BCUT2D eigenvalue weighted by molar-refractivity contribution is 0.496. The molecular weight excluding hydrogens is 447 g/mol. The van der Waals surface area contributed by atoms with Crippen LogP contribution < -0.4 is 4.90 Å². The molecule has 5 rings (SSSR count). The fraction of sp³-hybridized carbons (Fsp3) is 0.318. The highest BCUT2D eigenvalue weighted by atomic mass is 35.5. The van der Waals surface area contributed by atoms with Crippen molar-refractivity contribution in [2.45, 2.75) is 46.2 Å². The predicted octanol–water partition coefficient (Wildman–Crippen LogP) is 5.20. The van der Waals surface area contributed by atoms with Crippen molar-refractivity contribution < 1.29 is 0 Å². The first-order chi connectivity index (χ1) is 15.4. The number of halogens is 2. The second-order valence-corrected chi connectivity index (χ2v) is 8.90. The van der Waals surface area contributed by atoms with Crippen LogP contribution in [0.3, 0.4) is 0 Å². The fourth-order valence-electron chi connectivity index (χ4n) is 4.33. The minimum Gasteiger partial charge on any atom is -0.342 e. The van der Waals surface area contributed by atoms with Crippen molar-refractivity contribution in [2.24, 2.45) is 0 Å². The number of rotatable bonds is 4. The van der Waals surface area contributed by atoms with Gasteiger partial charge in [0.15, 0.2) is 11.6 Å². The van der Waals surface area contributed by atoms with Crippen LogP contribution in [0.25, 0.3) is 23.0 Å². The number of aryl methyl sites for hydroxylation is 1. The minimum absolute atomic E-state index is 0.0699. The summed E-state index contributed by atoms with van der Waals surface area (Å²) in [6, 6.07) is 5.62. The highest BCUT2D eigenvalue weighted by Gasteiger charge is 2.36. The average Bonchev–Trinajstić information content (AvgIpc) is 3.39. The summed E-state index contributed by atoms with van der Waals surface area (Å²) in [5.74, 6) is 3.75. The maximum atomic E-state index is 6.22. The Morgan fingerprint density at radius 3 is 2.50 bits per heavy atom. The lowest BCUT2D eigenvalue weighted by Gasteiger charge is -2.39. The number of aromatic nitrogens is 7. The van der Waals surface area contributed by atoms with E-state index in [-0.39, 0.29) is 12.1 Å². The quantitative estimate of drug-likeness (QED) is 0.409. The first kappa shape index (κ1) is 20.9. The van der Waals surface area contributed by atoms with E-state index in [1.54, 1.807) is 12.3 Å². The van der Waals surface area contributed by atoms with Gasteiger partial charge >= 0.3 is 0 Å². The van der Waals surface area contributed by atoms with Gasteiger partial charge in [-0.05, 0) is 45.4 Å². The zero-order chi connectivity index (χ0) is 22.6. The molecule has 32 heavy (non-hydrogen) atoms. The van der Waals surface area contributed by atoms with E-state index in [1.807, 2.05) is 36.0 Å². The van der Waals surface area contributed by atoms with Crippen molar-refractivity contribution in [1.82, 2.24) is 34.3 Å². The van der Waals surface area contributed by atoms with Crippen LogP contribution >= 0.6 is 23.2 Å². The van der Waals surface area contributed by atoms with E-state index < -0.39 is 0 Å². The molecule has 0 amide bonds. The molecule has 0 radical (unpaired) electrons. The van der Waals surface area contributed by atoms with Crippen molar-refractivity contribution >= 4 is 29.0 Å². The Morgan fingerprint density at radius 1 is 1.06 bits per heavy atom. The number of fused-ring (bicyclic) bond motifs is 3. The maximum absolute atomic E-state index is 6.22. The molecule has 1 aromatic carbocycles. The van der Waals surface area contributed by atoms with Crippen LogP contribution in [-0.2, 0) is 0 Å². The summed E-state index contributed by atoms with van der Waals surface area (Å²) in [7, 11) is 0. The minimum atomic E-state index is 0.0699. The number of imidazole rings is 1. The normalized spacial score (nSPS) is 15.2. The Balaban J connectivity index is 1.69. The number of hydrogen-bond acceptors (Lipinski definition) is 6. The Hall–Kier alpha value is -2.97. The van der Waals surface area contributed by atoms with E-state index in [0.717, 1.165) is 35.1 Å². The van der Waals surface area contributed by atoms with E-state index in [9.17, 15) is 0 Å². The fourth-order valence-corrected chi connectivity index (χ4v) is 4.86. The molecule has 1 aliphatic heterocycles. The van der Waals surface area contributed by atoms with Gasteiger partial charge in [-0.1, -0.05) is 30.1 Å². The number of hydrogen-bond donors (Lipinski definition) is 0. The van der Waals surface area contributed by atoms with Gasteiger partial charge in [0, 0.05) is 34.0 Å². The molecule has 4 heterocycles. The van der Waals surface area contributed by atoms with Gasteiger partial charge < -0.3 is 4.90 Å². The van der Waals surface area contributed by atoms with E-state index >= 15 is 0 Å². The number of benzene rings is 1. The van der Waals surface area contributed by atoms with Gasteiger partial charge in [-0.2, -0.15) is 4.98 Å². The second kappa shape index (κ2) is 7.86. The highest BCUT2D eigenvalue weighted by Crippen LogP contribution is 2.40. The summed E-state index contributed by atoms with van der Waals surface area (Å²) in [5.41, 5.74) is 1.66. The smallest absolute Gasteiger partial charge is 0.237 e. The average molecular weight is 469 g/mol. The maximum Gasteiger partial charge on any atom is 0.237 e. The molecule has 1 aliphatic rings. The van der Waals surface area contributed by atoms with Gasteiger partial charge in [-0.15, -0.1) is 10.2 Å². The third-order valence-electron chi connectivity index (χ3n) is 5.63. The standard InChI is InChI=1S/C22H22Cl2N8/c1-5-17-21-29-28-13(4)32(21)18-11-26-22(27-20(18)31(17)12(2)3)30-7-6-25-19(30)14-8-15(23)10-16(24)9-14/h6-12,17H,5H2,1-4H3/t17-/m1/s1. The van der Waals surface area contributed by atoms with Gasteiger partial charge in [-0.25, -0.2) is 9.97 Å².